The normalized spacial score (nSPS) is 10.2. The third kappa shape index (κ3) is 11.0. The Hall–Kier alpha value is -3.14. The molecule has 10 nitrogen and oxygen atoms in total. The van der Waals surface area contributed by atoms with Crippen LogP contribution < -0.4 is 15.4 Å². The second-order valence-corrected chi connectivity index (χ2v) is 6.64. The standard InChI is InChI=1S/C21H31N3O7/c1-29-13-5-12-24(20(27)6-4-7-21(28)31-3)15-19(26)22-14-18(25)23-16-8-10-17(30-2)11-9-16/h8-11H,4-7,12-15H2,1-3H3,(H,22,26)(H,23,25). The molecule has 172 valence electrons. The van der Waals surface area contributed by atoms with Crippen LogP contribution in [0.2, 0.25) is 0 Å². The number of anilines is 1. The van der Waals surface area contributed by atoms with E-state index >= 15 is 0 Å². The van der Waals surface area contributed by atoms with Crippen LogP contribution in [0.25, 0.3) is 0 Å². The summed E-state index contributed by atoms with van der Waals surface area (Å²) in [5.74, 6) is -0.828. The molecule has 10 heteroatoms. The fourth-order valence-corrected chi connectivity index (χ4v) is 2.62. The zero-order chi connectivity index (χ0) is 23.1. The topological polar surface area (TPSA) is 123 Å². The fraction of sp³-hybridized carbons (Fsp3) is 0.524. The molecular weight excluding hydrogens is 406 g/mol. The van der Waals surface area contributed by atoms with Crippen molar-refractivity contribution < 1.29 is 33.4 Å². The van der Waals surface area contributed by atoms with Gasteiger partial charge in [-0.1, -0.05) is 0 Å². The Kier molecular flexibility index (Phi) is 12.3. The first kappa shape index (κ1) is 25.9. The summed E-state index contributed by atoms with van der Waals surface area (Å²) in [4.78, 5) is 49.3. The minimum absolute atomic E-state index is 0.118. The van der Waals surface area contributed by atoms with Crippen molar-refractivity contribution in [2.75, 3.05) is 52.9 Å². The molecule has 31 heavy (non-hydrogen) atoms. The van der Waals surface area contributed by atoms with E-state index in [9.17, 15) is 19.2 Å². The summed E-state index contributed by atoms with van der Waals surface area (Å²) in [5.41, 5.74) is 0.571. The highest BCUT2D eigenvalue weighted by Crippen LogP contribution is 2.14. The first-order valence-corrected chi connectivity index (χ1v) is 9.93. The van der Waals surface area contributed by atoms with Crippen LogP contribution in [-0.4, -0.2) is 76.2 Å². The molecule has 0 spiro atoms. The molecular formula is C21H31N3O7. The molecule has 0 aliphatic heterocycles. The molecule has 1 aromatic rings. The summed E-state index contributed by atoms with van der Waals surface area (Å²) in [5, 5.41) is 5.17. The maximum absolute atomic E-state index is 12.4. The Morgan fingerprint density at radius 1 is 0.935 bits per heavy atom. The summed E-state index contributed by atoms with van der Waals surface area (Å²) < 4.78 is 14.6. The molecule has 0 saturated heterocycles. The number of methoxy groups -OCH3 is 3. The van der Waals surface area contributed by atoms with Crippen LogP contribution in [-0.2, 0) is 28.7 Å². The molecule has 0 aliphatic carbocycles. The quantitative estimate of drug-likeness (QED) is 0.328. The summed E-state index contributed by atoms with van der Waals surface area (Å²) in [7, 11) is 4.39. The average Bonchev–Trinajstić information content (AvgIpc) is 2.77. The Labute approximate surface area is 182 Å². The molecule has 0 bridgehead atoms. The highest BCUT2D eigenvalue weighted by molar-refractivity contribution is 5.95. The fourth-order valence-electron chi connectivity index (χ4n) is 2.62. The van der Waals surface area contributed by atoms with Crippen molar-refractivity contribution in [3.63, 3.8) is 0 Å². The Morgan fingerprint density at radius 2 is 1.65 bits per heavy atom. The lowest BCUT2D eigenvalue weighted by molar-refractivity contribution is -0.141. The summed E-state index contributed by atoms with van der Waals surface area (Å²) in [6.45, 7) is 0.359. The van der Waals surface area contributed by atoms with Crippen molar-refractivity contribution in [2.24, 2.45) is 0 Å². The molecule has 0 atom stereocenters. The van der Waals surface area contributed by atoms with Crippen LogP contribution >= 0.6 is 0 Å². The van der Waals surface area contributed by atoms with E-state index in [1.807, 2.05) is 0 Å². The SMILES string of the molecule is COCCCN(CC(=O)NCC(=O)Nc1ccc(OC)cc1)C(=O)CCCC(=O)OC. The number of rotatable bonds is 14. The van der Waals surface area contributed by atoms with E-state index in [-0.39, 0.29) is 37.8 Å². The smallest absolute Gasteiger partial charge is 0.305 e. The minimum atomic E-state index is -0.455. The Bertz CT molecular complexity index is 722. The number of esters is 1. The van der Waals surface area contributed by atoms with Gasteiger partial charge < -0.3 is 29.7 Å². The molecule has 1 aromatic carbocycles. The van der Waals surface area contributed by atoms with E-state index in [0.29, 0.717) is 37.4 Å². The number of nitrogens with zero attached hydrogens (tertiary/aromatic N) is 1. The van der Waals surface area contributed by atoms with Gasteiger partial charge in [-0.25, -0.2) is 0 Å². The second-order valence-electron chi connectivity index (χ2n) is 6.64. The monoisotopic (exact) mass is 437 g/mol. The number of carbonyl (C=O) groups is 4. The van der Waals surface area contributed by atoms with E-state index in [1.54, 1.807) is 38.5 Å². The van der Waals surface area contributed by atoms with Gasteiger partial charge in [0.2, 0.25) is 17.7 Å². The van der Waals surface area contributed by atoms with Crippen molar-refractivity contribution in [1.82, 2.24) is 10.2 Å². The zero-order valence-corrected chi connectivity index (χ0v) is 18.3. The Balaban J connectivity index is 2.48. The summed E-state index contributed by atoms with van der Waals surface area (Å²) in [6.07, 6.45) is 1.14. The van der Waals surface area contributed by atoms with Gasteiger partial charge in [0.05, 0.1) is 27.3 Å². The zero-order valence-electron chi connectivity index (χ0n) is 18.3. The predicted molar refractivity (Wildman–Crippen MR) is 114 cm³/mol. The maximum atomic E-state index is 12.4. The first-order valence-electron chi connectivity index (χ1n) is 9.93. The van der Waals surface area contributed by atoms with Gasteiger partial charge in [0.25, 0.3) is 0 Å². The van der Waals surface area contributed by atoms with Crippen LogP contribution in [0.1, 0.15) is 25.7 Å². The average molecular weight is 437 g/mol. The lowest BCUT2D eigenvalue weighted by Gasteiger charge is -2.22. The highest BCUT2D eigenvalue weighted by atomic mass is 16.5. The van der Waals surface area contributed by atoms with Crippen molar-refractivity contribution >= 4 is 29.4 Å². The summed E-state index contributed by atoms with van der Waals surface area (Å²) in [6, 6.07) is 6.78. The van der Waals surface area contributed by atoms with Gasteiger partial charge in [-0.05, 0) is 37.1 Å². The van der Waals surface area contributed by atoms with Gasteiger partial charge in [0, 0.05) is 38.8 Å². The van der Waals surface area contributed by atoms with Gasteiger partial charge >= 0.3 is 5.97 Å². The molecule has 0 saturated carbocycles. The number of hydrogen-bond acceptors (Lipinski definition) is 7. The number of benzene rings is 1. The van der Waals surface area contributed by atoms with Crippen LogP contribution in [0.15, 0.2) is 24.3 Å². The Morgan fingerprint density at radius 3 is 2.26 bits per heavy atom. The highest BCUT2D eigenvalue weighted by Gasteiger charge is 2.18. The molecule has 2 N–H and O–H groups in total. The van der Waals surface area contributed by atoms with E-state index in [0.717, 1.165) is 0 Å². The number of amides is 3. The lowest BCUT2D eigenvalue weighted by atomic mass is 10.2. The van der Waals surface area contributed by atoms with Crippen LogP contribution in [0.5, 0.6) is 5.75 Å². The molecule has 0 radical (unpaired) electrons. The van der Waals surface area contributed by atoms with E-state index < -0.39 is 11.8 Å². The predicted octanol–water partition coefficient (Wildman–Crippen LogP) is 0.958. The van der Waals surface area contributed by atoms with Gasteiger partial charge in [-0.15, -0.1) is 0 Å². The summed E-state index contributed by atoms with van der Waals surface area (Å²) >= 11 is 0. The maximum Gasteiger partial charge on any atom is 0.305 e. The third-order valence-electron chi connectivity index (χ3n) is 4.28. The van der Waals surface area contributed by atoms with E-state index in [2.05, 4.69) is 15.4 Å². The van der Waals surface area contributed by atoms with Gasteiger partial charge in [-0.2, -0.15) is 0 Å². The molecule has 1 rings (SSSR count). The van der Waals surface area contributed by atoms with Crippen LogP contribution in [0, 0.1) is 0 Å². The number of hydrogen-bond donors (Lipinski definition) is 2. The van der Waals surface area contributed by atoms with Crippen molar-refractivity contribution in [1.29, 1.82) is 0 Å². The second kappa shape index (κ2) is 14.8. The van der Waals surface area contributed by atoms with Crippen molar-refractivity contribution in [3.05, 3.63) is 24.3 Å². The molecule has 0 heterocycles. The molecule has 0 fully saturated rings. The number of ether oxygens (including phenoxy) is 3. The molecule has 0 aliphatic rings. The van der Waals surface area contributed by atoms with Gasteiger partial charge in [0.15, 0.2) is 0 Å². The largest absolute Gasteiger partial charge is 0.497 e. The van der Waals surface area contributed by atoms with Crippen molar-refractivity contribution in [3.8, 4) is 5.75 Å². The third-order valence-corrected chi connectivity index (χ3v) is 4.28. The molecule has 3 amide bonds. The number of nitrogens with one attached hydrogen (secondary N) is 2. The lowest BCUT2D eigenvalue weighted by Crippen LogP contribution is -2.43. The van der Waals surface area contributed by atoms with Crippen molar-refractivity contribution in [2.45, 2.75) is 25.7 Å². The number of carbonyl (C=O) groups excluding carboxylic acids is 4. The van der Waals surface area contributed by atoms with Gasteiger partial charge in [-0.3, -0.25) is 19.2 Å². The van der Waals surface area contributed by atoms with E-state index in [1.165, 1.54) is 12.0 Å². The van der Waals surface area contributed by atoms with Crippen LogP contribution in [0.4, 0.5) is 5.69 Å². The molecule has 0 aromatic heterocycles. The van der Waals surface area contributed by atoms with Crippen LogP contribution in [0.3, 0.4) is 0 Å². The first-order chi connectivity index (χ1) is 14.9. The minimum Gasteiger partial charge on any atom is -0.497 e. The van der Waals surface area contributed by atoms with Gasteiger partial charge in [0.1, 0.15) is 5.75 Å². The van der Waals surface area contributed by atoms with E-state index in [4.69, 9.17) is 9.47 Å². The molecule has 0 unspecified atom stereocenters.